The Morgan fingerprint density at radius 1 is 1.00 bits per heavy atom. The van der Waals surface area contributed by atoms with Gasteiger partial charge in [0.15, 0.2) is 0 Å². The maximum absolute atomic E-state index is 5.98. The molecule has 2 aromatic rings. The Bertz CT molecular complexity index is 609. The molecule has 0 bridgehead atoms. The van der Waals surface area contributed by atoms with Gasteiger partial charge in [-0.3, -0.25) is 4.90 Å². The van der Waals surface area contributed by atoms with Gasteiger partial charge in [0.2, 0.25) is 0 Å². The second kappa shape index (κ2) is 8.46. The van der Waals surface area contributed by atoms with E-state index < -0.39 is 0 Å². The number of piperazine rings is 1. The topological polar surface area (TPSA) is 24.5 Å². The first-order chi connectivity index (χ1) is 11.3. The number of hydrogen-bond donors (Lipinski definition) is 1. The van der Waals surface area contributed by atoms with E-state index in [1.54, 1.807) is 0 Å². The number of nitrogens with zero attached hydrogens (tertiary/aromatic N) is 1. The van der Waals surface area contributed by atoms with E-state index in [0.717, 1.165) is 44.4 Å². The number of ether oxygens (including phenoxy) is 1. The fraction of sp³-hybridized carbons (Fsp3) is 0.368. The summed E-state index contributed by atoms with van der Waals surface area (Å²) in [5.74, 6) is 0. The summed E-state index contributed by atoms with van der Waals surface area (Å²) in [7, 11) is 0. The summed E-state index contributed by atoms with van der Waals surface area (Å²) in [6, 6.07) is 16.4. The summed E-state index contributed by atoms with van der Waals surface area (Å²) in [4.78, 5) is 2.45. The summed E-state index contributed by atoms with van der Waals surface area (Å²) >= 11 is 5.98. The van der Waals surface area contributed by atoms with Crippen molar-refractivity contribution in [2.24, 2.45) is 0 Å². The molecule has 3 rings (SSSR count). The molecule has 1 N–H and O–H groups in total. The van der Waals surface area contributed by atoms with Crippen LogP contribution in [0.15, 0.2) is 48.5 Å². The lowest BCUT2D eigenvalue weighted by molar-refractivity contribution is 0.0888. The van der Waals surface area contributed by atoms with Crippen molar-refractivity contribution < 1.29 is 4.74 Å². The van der Waals surface area contributed by atoms with Crippen LogP contribution < -0.4 is 5.32 Å². The molecule has 0 aromatic heterocycles. The van der Waals surface area contributed by atoms with E-state index in [1.165, 1.54) is 16.7 Å². The normalized spacial score (nSPS) is 15.7. The van der Waals surface area contributed by atoms with Gasteiger partial charge in [0, 0.05) is 37.7 Å². The van der Waals surface area contributed by atoms with Gasteiger partial charge in [0.05, 0.1) is 13.2 Å². The van der Waals surface area contributed by atoms with Crippen molar-refractivity contribution in [3.05, 3.63) is 59.1 Å². The van der Waals surface area contributed by atoms with Crippen LogP contribution in [0, 0.1) is 0 Å². The first-order valence-electron chi connectivity index (χ1n) is 8.17. The molecule has 1 fully saturated rings. The molecule has 1 saturated heterocycles. The molecule has 0 radical (unpaired) electrons. The van der Waals surface area contributed by atoms with Gasteiger partial charge >= 0.3 is 0 Å². The lowest BCUT2D eigenvalue weighted by atomic mass is 10.0. The van der Waals surface area contributed by atoms with Gasteiger partial charge in [0.25, 0.3) is 0 Å². The predicted octanol–water partition coefficient (Wildman–Crippen LogP) is 3.43. The maximum Gasteiger partial charge on any atom is 0.0723 e. The van der Waals surface area contributed by atoms with Crippen LogP contribution >= 0.6 is 11.6 Å². The molecule has 0 spiro atoms. The van der Waals surface area contributed by atoms with Gasteiger partial charge in [-0.25, -0.2) is 0 Å². The predicted molar refractivity (Wildman–Crippen MR) is 95.9 cm³/mol. The first kappa shape index (κ1) is 16.5. The average molecular weight is 331 g/mol. The number of rotatable bonds is 6. The minimum Gasteiger partial charge on any atom is -0.375 e. The molecular formula is C19H23ClN2O. The molecule has 4 heteroatoms. The van der Waals surface area contributed by atoms with Gasteiger partial charge in [-0.05, 0) is 28.8 Å². The minimum atomic E-state index is 0.644. The highest BCUT2D eigenvalue weighted by molar-refractivity contribution is 6.30. The lowest BCUT2D eigenvalue weighted by Crippen LogP contribution is -2.44. The quantitative estimate of drug-likeness (QED) is 0.821. The van der Waals surface area contributed by atoms with Crippen molar-refractivity contribution in [1.29, 1.82) is 0 Å². The Hall–Kier alpha value is -1.39. The molecule has 0 atom stereocenters. The molecule has 122 valence electrons. The standard InChI is InChI=1S/C19H23ClN2O/c20-18-7-5-16(6-8-18)19-4-2-1-3-17(19)15-23-14-13-22-11-9-21-10-12-22/h1-8,21H,9-15H2. The van der Waals surface area contributed by atoms with Crippen LogP contribution in [0.1, 0.15) is 5.56 Å². The van der Waals surface area contributed by atoms with Crippen LogP contribution in [0.4, 0.5) is 0 Å². The van der Waals surface area contributed by atoms with E-state index in [2.05, 4.69) is 46.6 Å². The Morgan fingerprint density at radius 3 is 2.52 bits per heavy atom. The summed E-state index contributed by atoms with van der Waals surface area (Å²) in [6.45, 7) is 6.82. The van der Waals surface area contributed by atoms with Crippen LogP contribution in [0.5, 0.6) is 0 Å². The van der Waals surface area contributed by atoms with Gasteiger partial charge in [-0.2, -0.15) is 0 Å². The third-order valence-electron chi connectivity index (χ3n) is 4.19. The Morgan fingerprint density at radius 2 is 1.74 bits per heavy atom. The van der Waals surface area contributed by atoms with Crippen LogP contribution in [-0.2, 0) is 11.3 Å². The summed E-state index contributed by atoms with van der Waals surface area (Å²) in [5, 5.41) is 4.13. The van der Waals surface area contributed by atoms with E-state index in [0.29, 0.717) is 6.61 Å². The van der Waals surface area contributed by atoms with Gasteiger partial charge in [-0.15, -0.1) is 0 Å². The van der Waals surface area contributed by atoms with Crippen LogP contribution in [0.25, 0.3) is 11.1 Å². The molecule has 1 aliphatic heterocycles. The Kier molecular flexibility index (Phi) is 6.06. The number of nitrogens with one attached hydrogen (secondary N) is 1. The zero-order valence-electron chi connectivity index (χ0n) is 13.3. The van der Waals surface area contributed by atoms with Crippen molar-refractivity contribution >= 4 is 11.6 Å². The molecule has 23 heavy (non-hydrogen) atoms. The van der Waals surface area contributed by atoms with E-state index >= 15 is 0 Å². The number of halogens is 1. The SMILES string of the molecule is Clc1ccc(-c2ccccc2COCCN2CCNCC2)cc1. The Balaban J connectivity index is 1.56. The minimum absolute atomic E-state index is 0.644. The first-order valence-corrected chi connectivity index (χ1v) is 8.55. The number of benzene rings is 2. The fourth-order valence-electron chi connectivity index (χ4n) is 2.87. The molecule has 2 aromatic carbocycles. The summed E-state index contributed by atoms with van der Waals surface area (Å²) in [6.07, 6.45) is 0. The van der Waals surface area contributed by atoms with Crippen LogP contribution in [-0.4, -0.2) is 44.2 Å². The molecule has 0 unspecified atom stereocenters. The third kappa shape index (κ3) is 4.79. The second-order valence-electron chi connectivity index (χ2n) is 5.81. The van der Waals surface area contributed by atoms with Crippen LogP contribution in [0.3, 0.4) is 0 Å². The number of hydrogen-bond acceptors (Lipinski definition) is 3. The van der Waals surface area contributed by atoms with Crippen molar-refractivity contribution in [1.82, 2.24) is 10.2 Å². The van der Waals surface area contributed by atoms with Crippen molar-refractivity contribution in [3.8, 4) is 11.1 Å². The Labute approximate surface area is 143 Å². The van der Waals surface area contributed by atoms with E-state index in [-0.39, 0.29) is 0 Å². The van der Waals surface area contributed by atoms with Gasteiger partial charge in [-0.1, -0.05) is 48.0 Å². The molecule has 0 saturated carbocycles. The highest BCUT2D eigenvalue weighted by atomic mass is 35.5. The molecule has 0 amide bonds. The average Bonchev–Trinajstić information content (AvgIpc) is 2.61. The van der Waals surface area contributed by atoms with E-state index in [9.17, 15) is 0 Å². The van der Waals surface area contributed by atoms with Gasteiger partial charge in [0.1, 0.15) is 0 Å². The highest BCUT2D eigenvalue weighted by Gasteiger charge is 2.09. The third-order valence-corrected chi connectivity index (χ3v) is 4.44. The molecule has 3 nitrogen and oxygen atoms in total. The summed E-state index contributed by atoms with van der Waals surface area (Å²) < 4.78 is 5.92. The smallest absolute Gasteiger partial charge is 0.0723 e. The molecular weight excluding hydrogens is 308 g/mol. The lowest BCUT2D eigenvalue weighted by Gasteiger charge is -2.26. The molecule has 0 aliphatic carbocycles. The van der Waals surface area contributed by atoms with E-state index in [4.69, 9.17) is 16.3 Å². The van der Waals surface area contributed by atoms with Crippen molar-refractivity contribution in [3.63, 3.8) is 0 Å². The summed E-state index contributed by atoms with van der Waals surface area (Å²) in [5.41, 5.74) is 3.61. The fourth-order valence-corrected chi connectivity index (χ4v) is 2.99. The molecule has 1 aliphatic rings. The zero-order chi connectivity index (χ0) is 15.9. The van der Waals surface area contributed by atoms with Crippen LogP contribution in [0.2, 0.25) is 5.02 Å². The highest BCUT2D eigenvalue weighted by Crippen LogP contribution is 2.25. The van der Waals surface area contributed by atoms with Crippen molar-refractivity contribution in [2.75, 3.05) is 39.3 Å². The largest absolute Gasteiger partial charge is 0.375 e. The maximum atomic E-state index is 5.98. The molecule has 1 heterocycles. The van der Waals surface area contributed by atoms with Gasteiger partial charge < -0.3 is 10.1 Å². The second-order valence-corrected chi connectivity index (χ2v) is 6.24. The monoisotopic (exact) mass is 330 g/mol. The van der Waals surface area contributed by atoms with Crippen molar-refractivity contribution in [2.45, 2.75) is 6.61 Å². The zero-order valence-corrected chi connectivity index (χ0v) is 14.1. The van der Waals surface area contributed by atoms with E-state index in [1.807, 2.05) is 12.1 Å².